The van der Waals surface area contributed by atoms with Crippen LogP contribution in [0.1, 0.15) is 21.2 Å². The van der Waals surface area contributed by atoms with Gasteiger partial charge in [-0.05, 0) is 0 Å². The quantitative estimate of drug-likeness (QED) is 0.271. The second-order valence-corrected chi connectivity index (χ2v) is 7.40. The summed E-state index contributed by atoms with van der Waals surface area (Å²) in [5.41, 5.74) is 5.14. The summed E-state index contributed by atoms with van der Waals surface area (Å²) in [5, 5.41) is 19.7. The number of aliphatic hydroxyl groups excluding tert-OH is 2. The van der Waals surface area contributed by atoms with E-state index in [-0.39, 0.29) is 20.2 Å². The van der Waals surface area contributed by atoms with Gasteiger partial charge in [0.15, 0.2) is 0 Å². The number of hydrogen-bond acceptors (Lipinski definition) is 7. The number of carbonyl (C=O) groups excluding carboxylic acids is 1. The fourth-order valence-electron chi connectivity index (χ4n) is 1.79. The van der Waals surface area contributed by atoms with Gasteiger partial charge < -0.3 is 0 Å². The minimum atomic E-state index is -4.70. The Hall–Kier alpha value is -0.611. The zero-order valence-electron chi connectivity index (χ0n) is 10.4. The van der Waals surface area contributed by atoms with Gasteiger partial charge in [0.25, 0.3) is 0 Å². The molecular formula is C9H13N2O8PSe. The van der Waals surface area contributed by atoms with Crippen molar-refractivity contribution in [1.82, 2.24) is 4.98 Å². The molecule has 12 heteroatoms. The van der Waals surface area contributed by atoms with Crippen molar-refractivity contribution in [1.29, 1.82) is 0 Å². The van der Waals surface area contributed by atoms with Crippen molar-refractivity contribution < 1.29 is 38.6 Å². The molecule has 1 fully saturated rings. The predicted octanol–water partition coefficient (Wildman–Crippen LogP) is -2.49. The van der Waals surface area contributed by atoms with E-state index in [2.05, 4.69) is 9.51 Å². The zero-order valence-corrected chi connectivity index (χ0v) is 13.0. The molecule has 4 atom stereocenters. The topological polar surface area (TPSA) is 172 Å². The summed E-state index contributed by atoms with van der Waals surface area (Å²) in [5.74, 6) is -0.707. The van der Waals surface area contributed by atoms with Gasteiger partial charge in [-0.15, -0.1) is 0 Å². The number of aliphatic hydroxyl groups is 2. The van der Waals surface area contributed by atoms with Gasteiger partial charge in [-0.1, -0.05) is 0 Å². The van der Waals surface area contributed by atoms with Gasteiger partial charge >= 0.3 is 124 Å². The first-order chi connectivity index (χ1) is 9.69. The van der Waals surface area contributed by atoms with E-state index < -0.39 is 44.8 Å². The van der Waals surface area contributed by atoms with Crippen LogP contribution in [0.25, 0.3) is 0 Å². The van der Waals surface area contributed by atoms with E-state index in [9.17, 15) is 19.6 Å². The first-order valence-electron chi connectivity index (χ1n) is 5.66. The van der Waals surface area contributed by atoms with Crippen LogP contribution in [0.4, 0.5) is 0 Å². The van der Waals surface area contributed by atoms with E-state index in [1.807, 2.05) is 0 Å². The number of carbonyl (C=O) groups is 1. The average molecular weight is 387 g/mol. The van der Waals surface area contributed by atoms with Crippen LogP contribution in [-0.4, -0.2) is 70.3 Å². The van der Waals surface area contributed by atoms with Crippen LogP contribution < -0.4 is 5.73 Å². The summed E-state index contributed by atoms with van der Waals surface area (Å²) in [7, 11) is -4.70. The molecule has 0 bridgehead atoms. The number of aromatic nitrogens is 1. The number of rotatable bonds is 5. The summed E-state index contributed by atoms with van der Waals surface area (Å²) in [6.07, 6.45) is -4.82. The summed E-state index contributed by atoms with van der Waals surface area (Å²) >= 11 is -0.366. The molecule has 6 N–H and O–H groups in total. The van der Waals surface area contributed by atoms with E-state index in [0.29, 0.717) is 4.57 Å². The molecule has 1 aromatic heterocycles. The first-order valence-corrected chi connectivity index (χ1v) is 9.03. The molecule has 0 aromatic carbocycles. The van der Waals surface area contributed by atoms with Crippen molar-refractivity contribution in [2.75, 3.05) is 6.61 Å². The zero-order chi connectivity index (χ0) is 15.8. The van der Waals surface area contributed by atoms with Gasteiger partial charge in [0, 0.05) is 0 Å². The molecule has 2 rings (SSSR count). The summed E-state index contributed by atoms with van der Waals surface area (Å²) in [6, 6.07) is 0. The fourth-order valence-corrected chi connectivity index (χ4v) is 3.98. The van der Waals surface area contributed by atoms with E-state index in [4.69, 9.17) is 20.3 Å². The van der Waals surface area contributed by atoms with Crippen molar-refractivity contribution >= 4 is 28.2 Å². The second kappa shape index (κ2) is 6.25. The predicted molar refractivity (Wildman–Crippen MR) is 67.3 cm³/mol. The monoisotopic (exact) mass is 388 g/mol. The van der Waals surface area contributed by atoms with Crippen LogP contribution in [0.15, 0.2) is 4.94 Å². The molecule has 21 heavy (non-hydrogen) atoms. The third kappa shape index (κ3) is 3.98. The Morgan fingerprint density at radius 3 is 2.67 bits per heavy atom. The molecule has 1 aromatic rings. The molecule has 10 nitrogen and oxygen atoms in total. The molecule has 0 aliphatic carbocycles. The molecule has 1 aliphatic rings. The van der Waals surface area contributed by atoms with Crippen LogP contribution in [-0.2, 0) is 13.8 Å². The van der Waals surface area contributed by atoms with Gasteiger partial charge in [-0.3, -0.25) is 0 Å². The van der Waals surface area contributed by atoms with Gasteiger partial charge in [0.2, 0.25) is 0 Å². The Morgan fingerprint density at radius 2 is 2.14 bits per heavy atom. The fraction of sp³-hybridized carbons (Fsp3) is 0.556. The number of phosphoric ester groups is 1. The number of primary amides is 1. The maximum absolute atomic E-state index is 11.0. The number of hydrogen-bond donors (Lipinski definition) is 5. The second-order valence-electron chi connectivity index (χ2n) is 4.30. The van der Waals surface area contributed by atoms with Crippen LogP contribution in [0.2, 0.25) is 0 Å². The number of ether oxygens (including phenoxy) is 1. The van der Waals surface area contributed by atoms with E-state index in [0.717, 1.165) is 0 Å². The Morgan fingerprint density at radius 1 is 1.48 bits per heavy atom. The molecule has 1 aliphatic heterocycles. The molecule has 118 valence electrons. The molecule has 0 unspecified atom stereocenters. The molecule has 0 radical (unpaired) electrons. The molecule has 1 saturated heterocycles. The van der Waals surface area contributed by atoms with Crippen molar-refractivity contribution in [2.24, 2.45) is 5.73 Å². The third-order valence-electron chi connectivity index (χ3n) is 2.79. The van der Waals surface area contributed by atoms with E-state index in [1.54, 1.807) is 0 Å². The summed E-state index contributed by atoms with van der Waals surface area (Å²) in [4.78, 5) is 33.7. The molecule has 0 spiro atoms. The van der Waals surface area contributed by atoms with E-state index >= 15 is 0 Å². The van der Waals surface area contributed by atoms with Gasteiger partial charge in [0.1, 0.15) is 0 Å². The summed E-state index contributed by atoms with van der Waals surface area (Å²) < 4.78 is 20.6. The normalized spacial score (nSPS) is 29.7. The Labute approximate surface area is 124 Å². The third-order valence-corrected chi connectivity index (χ3v) is 5.17. The van der Waals surface area contributed by atoms with Gasteiger partial charge in [0.05, 0.1) is 0 Å². The number of nitrogens with zero attached hydrogens (tertiary/aromatic N) is 1. The van der Waals surface area contributed by atoms with Crippen molar-refractivity contribution in [3.05, 3.63) is 15.2 Å². The van der Waals surface area contributed by atoms with Crippen LogP contribution in [0, 0.1) is 0 Å². The van der Waals surface area contributed by atoms with Gasteiger partial charge in [-0.2, -0.15) is 0 Å². The SMILES string of the molecule is NC(=O)c1c[se]c([C@@H]2O[C@H](COP(=O)(O)O)[C@@H](O)[C@H]2O)n1. The summed E-state index contributed by atoms with van der Waals surface area (Å²) in [6.45, 7) is -0.588. The Bertz CT molecular complexity index is 574. The number of amides is 1. The number of phosphoric acid groups is 1. The standard InChI is InChI=1S/C9H13N2O8PSe/c10-8(14)3-2-21-9(11-3)7-6(13)5(12)4(19-7)1-18-20(15,16)17/h2,4-7,12-13H,1H2,(H2,10,14)(H2,15,16,17)/t4-,5-,6-,7-/m1/s1. The molecule has 0 saturated carbocycles. The molecular weight excluding hydrogens is 374 g/mol. The van der Waals surface area contributed by atoms with Crippen molar-refractivity contribution in [3.8, 4) is 0 Å². The van der Waals surface area contributed by atoms with Crippen molar-refractivity contribution in [3.63, 3.8) is 0 Å². The average Bonchev–Trinajstić information content (AvgIpc) is 2.94. The van der Waals surface area contributed by atoms with Crippen LogP contribution in [0.3, 0.4) is 0 Å². The first kappa shape index (κ1) is 16.8. The maximum atomic E-state index is 11.0. The van der Waals surface area contributed by atoms with Crippen LogP contribution in [0.5, 0.6) is 0 Å². The van der Waals surface area contributed by atoms with E-state index in [1.165, 1.54) is 4.94 Å². The Balaban J connectivity index is 2.08. The van der Waals surface area contributed by atoms with Crippen molar-refractivity contribution in [2.45, 2.75) is 24.4 Å². The molecule has 1 amide bonds. The Kier molecular flexibility index (Phi) is 4.99. The number of nitrogens with two attached hydrogens (primary N) is 1. The molecule has 2 heterocycles. The van der Waals surface area contributed by atoms with Crippen LogP contribution >= 0.6 is 7.82 Å². The minimum absolute atomic E-state index is 0.0604. The van der Waals surface area contributed by atoms with Gasteiger partial charge in [-0.25, -0.2) is 0 Å².